The Balaban J connectivity index is 1.98. The molecule has 2 rings (SSSR count). The Hall–Kier alpha value is -3.22. The van der Waals surface area contributed by atoms with E-state index in [-0.39, 0.29) is 6.61 Å². The van der Waals surface area contributed by atoms with Crippen LogP contribution in [0.3, 0.4) is 0 Å². The van der Waals surface area contributed by atoms with Gasteiger partial charge in [0.2, 0.25) is 0 Å². The van der Waals surface area contributed by atoms with Crippen LogP contribution in [0.25, 0.3) is 0 Å². The number of ether oxygens (including phenoxy) is 2. The number of aliphatic imine (C=N–C) groups is 1. The smallest absolute Gasteiger partial charge is 0.255 e. The Bertz CT molecular complexity index is 777. The molecule has 0 radical (unpaired) electrons. The van der Waals surface area contributed by atoms with Gasteiger partial charge < -0.3 is 25.8 Å². The average Bonchev–Trinajstić information content (AvgIpc) is 2.69. The summed E-state index contributed by atoms with van der Waals surface area (Å²) in [5, 5.41) is 6.53. The number of hydrogen-bond donors (Lipinski definition) is 3. The lowest BCUT2D eigenvalue weighted by atomic mass is 10.2. The van der Waals surface area contributed by atoms with Crippen molar-refractivity contribution < 1.29 is 14.3 Å². The van der Waals surface area contributed by atoms with Gasteiger partial charge in [0.25, 0.3) is 5.91 Å². The van der Waals surface area contributed by atoms with Gasteiger partial charge in [0.1, 0.15) is 11.5 Å². The van der Waals surface area contributed by atoms with Gasteiger partial charge >= 0.3 is 0 Å². The summed E-state index contributed by atoms with van der Waals surface area (Å²) in [4.78, 5) is 15.4. The molecule has 7 nitrogen and oxygen atoms in total. The van der Waals surface area contributed by atoms with Crippen LogP contribution >= 0.6 is 0 Å². The Morgan fingerprint density at radius 3 is 2.48 bits per heavy atom. The highest BCUT2D eigenvalue weighted by molar-refractivity contribution is 5.79. The summed E-state index contributed by atoms with van der Waals surface area (Å²) >= 11 is 0. The number of methoxy groups -OCH3 is 1. The van der Waals surface area contributed by atoms with Gasteiger partial charge in [0, 0.05) is 13.1 Å². The van der Waals surface area contributed by atoms with Crippen molar-refractivity contribution >= 4 is 11.9 Å². The maximum Gasteiger partial charge on any atom is 0.255 e. The normalized spacial score (nSPS) is 11.0. The largest absolute Gasteiger partial charge is 0.497 e. The first kappa shape index (κ1) is 20.1. The Labute approximate surface area is 159 Å². The number of primary amides is 1. The first-order valence-electron chi connectivity index (χ1n) is 8.76. The van der Waals surface area contributed by atoms with Gasteiger partial charge in [-0.15, -0.1) is 0 Å². The molecule has 0 spiro atoms. The number of guanidine groups is 1. The van der Waals surface area contributed by atoms with Crippen molar-refractivity contribution in [1.29, 1.82) is 0 Å². The quantitative estimate of drug-likeness (QED) is 0.462. The third kappa shape index (κ3) is 7.27. The monoisotopic (exact) mass is 370 g/mol. The highest BCUT2D eigenvalue weighted by Crippen LogP contribution is 2.14. The molecule has 0 aliphatic rings. The summed E-state index contributed by atoms with van der Waals surface area (Å²) in [6.07, 6.45) is 0. The molecule has 0 aliphatic heterocycles. The number of carbonyl (C=O) groups excluding carboxylic acids is 1. The highest BCUT2D eigenvalue weighted by Gasteiger charge is 2.02. The number of nitrogens with zero attached hydrogens (tertiary/aromatic N) is 1. The van der Waals surface area contributed by atoms with Crippen LogP contribution in [0.4, 0.5) is 0 Å². The fraction of sp³-hybridized carbons (Fsp3) is 0.300. The molecule has 0 saturated heterocycles. The number of nitrogens with two attached hydrogens (primary N) is 1. The maximum absolute atomic E-state index is 10.8. The van der Waals surface area contributed by atoms with E-state index in [9.17, 15) is 4.79 Å². The fourth-order valence-corrected chi connectivity index (χ4v) is 2.37. The van der Waals surface area contributed by atoms with Crippen molar-refractivity contribution in [2.24, 2.45) is 10.7 Å². The zero-order chi connectivity index (χ0) is 19.5. The number of nitrogens with one attached hydrogen (secondary N) is 2. The van der Waals surface area contributed by atoms with E-state index in [4.69, 9.17) is 15.2 Å². The van der Waals surface area contributed by atoms with Crippen LogP contribution in [0.15, 0.2) is 53.5 Å². The molecule has 27 heavy (non-hydrogen) atoms. The predicted octanol–water partition coefficient (Wildman–Crippen LogP) is 1.81. The van der Waals surface area contributed by atoms with Crippen molar-refractivity contribution in [2.45, 2.75) is 20.0 Å². The van der Waals surface area contributed by atoms with Gasteiger partial charge in [-0.2, -0.15) is 0 Å². The number of amides is 1. The van der Waals surface area contributed by atoms with Gasteiger partial charge in [-0.25, -0.2) is 4.99 Å². The summed E-state index contributed by atoms with van der Waals surface area (Å²) in [6, 6.07) is 15.3. The molecule has 144 valence electrons. The van der Waals surface area contributed by atoms with Crippen LogP contribution in [0, 0.1) is 0 Å². The van der Waals surface area contributed by atoms with Crippen molar-refractivity contribution in [3.05, 3.63) is 59.7 Å². The van der Waals surface area contributed by atoms with E-state index < -0.39 is 5.91 Å². The van der Waals surface area contributed by atoms with Gasteiger partial charge in [-0.05, 0) is 42.3 Å². The molecule has 0 atom stereocenters. The van der Waals surface area contributed by atoms with Crippen LogP contribution < -0.4 is 25.8 Å². The lowest BCUT2D eigenvalue weighted by Gasteiger charge is -2.12. The van der Waals surface area contributed by atoms with Crippen LogP contribution in [0.5, 0.6) is 11.5 Å². The minimum atomic E-state index is -0.505. The van der Waals surface area contributed by atoms with Crippen molar-refractivity contribution in [2.75, 3.05) is 20.3 Å². The number of hydrogen-bond acceptors (Lipinski definition) is 4. The molecule has 0 fully saturated rings. The third-order valence-electron chi connectivity index (χ3n) is 3.64. The topological polar surface area (TPSA) is 98.0 Å². The fourth-order valence-electron chi connectivity index (χ4n) is 2.37. The van der Waals surface area contributed by atoms with Gasteiger partial charge in [0.15, 0.2) is 12.6 Å². The second-order valence-corrected chi connectivity index (χ2v) is 5.80. The van der Waals surface area contributed by atoms with E-state index in [1.807, 2.05) is 49.4 Å². The van der Waals surface area contributed by atoms with Crippen LogP contribution in [-0.4, -0.2) is 32.1 Å². The van der Waals surface area contributed by atoms with Crippen molar-refractivity contribution in [1.82, 2.24) is 10.6 Å². The maximum atomic E-state index is 10.8. The molecular weight excluding hydrogens is 344 g/mol. The molecule has 7 heteroatoms. The van der Waals surface area contributed by atoms with Crippen molar-refractivity contribution in [3.63, 3.8) is 0 Å². The molecule has 0 aliphatic carbocycles. The highest BCUT2D eigenvalue weighted by atomic mass is 16.5. The zero-order valence-electron chi connectivity index (χ0n) is 15.7. The molecule has 0 unspecified atom stereocenters. The second kappa shape index (κ2) is 10.7. The van der Waals surface area contributed by atoms with E-state index in [0.717, 1.165) is 23.4 Å². The Morgan fingerprint density at radius 1 is 1.07 bits per heavy atom. The molecule has 1 amide bonds. The SMILES string of the molecule is CCNC(=NCc1cccc(OCC(N)=O)c1)NCc1cccc(OC)c1. The number of carbonyl (C=O) groups is 1. The first-order chi connectivity index (χ1) is 13.1. The average molecular weight is 370 g/mol. The first-order valence-corrected chi connectivity index (χ1v) is 8.76. The van der Waals surface area contributed by atoms with Crippen LogP contribution in [0.1, 0.15) is 18.1 Å². The minimum Gasteiger partial charge on any atom is -0.497 e. The summed E-state index contributed by atoms with van der Waals surface area (Å²) in [5.41, 5.74) is 7.17. The van der Waals surface area contributed by atoms with E-state index in [0.29, 0.717) is 24.8 Å². The molecule has 0 aromatic heterocycles. The third-order valence-corrected chi connectivity index (χ3v) is 3.64. The molecule has 0 heterocycles. The lowest BCUT2D eigenvalue weighted by Crippen LogP contribution is -2.36. The van der Waals surface area contributed by atoms with E-state index >= 15 is 0 Å². The molecule has 2 aromatic rings. The van der Waals surface area contributed by atoms with Crippen molar-refractivity contribution in [3.8, 4) is 11.5 Å². The molecule has 0 saturated carbocycles. The van der Waals surface area contributed by atoms with Gasteiger partial charge in [0.05, 0.1) is 13.7 Å². The lowest BCUT2D eigenvalue weighted by molar-refractivity contribution is -0.119. The Kier molecular flexibility index (Phi) is 7.96. The van der Waals surface area contributed by atoms with E-state index in [2.05, 4.69) is 15.6 Å². The molecule has 2 aromatic carbocycles. The minimum absolute atomic E-state index is 0.141. The molecule has 4 N–H and O–H groups in total. The van der Waals surface area contributed by atoms with Gasteiger partial charge in [-0.1, -0.05) is 24.3 Å². The number of rotatable bonds is 9. The number of benzene rings is 2. The van der Waals surface area contributed by atoms with E-state index in [1.54, 1.807) is 13.2 Å². The predicted molar refractivity (Wildman–Crippen MR) is 106 cm³/mol. The summed E-state index contributed by atoms with van der Waals surface area (Å²) < 4.78 is 10.6. The van der Waals surface area contributed by atoms with Gasteiger partial charge in [-0.3, -0.25) is 4.79 Å². The van der Waals surface area contributed by atoms with E-state index in [1.165, 1.54) is 0 Å². The Morgan fingerprint density at radius 2 is 1.78 bits per heavy atom. The summed E-state index contributed by atoms with van der Waals surface area (Å²) in [6.45, 7) is 3.73. The molecule has 0 bridgehead atoms. The zero-order valence-corrected chi connectivity index (χ0v) is 15.7. The molecular formula is C20H26N4O3. The standard InChI is InChI=1S/C20H26N4O3/c1-3-22-20(23-12-15-6-4-8-17(10-15)26-2)24-13-16-7-5-9-18(11-16)27-14-19(21)25/h4-11H,3,12-14H2,1-2H3,(H2,21,25)(H2,22,23,24). The second-order valence-electron chi connectivity index (χ2n) is 5.80. The van der Waals surface area contributed by atoms with Crippen LogP contribution in [-0.2, 0) is 17.9 Å². The van der Waals surface area contributed by atoms with Crippen LogP contribution in [0.2, 0.25) is 0 Å². The summed E-state index contributed by atoms with van der Waals surface area (Å²) in [7, 11) is 1.65. The summed E-state index contributed by atoms with van der Waals surface area (Å²) in [5.74, 6) is 1.62.